The number of benzene rings is 2. The van der Waals surface area contributed by atoms with Crippen LogP contribution in [0.15, 0.2) is 48.5 Å². The fraction of sp³-hybridized carbons (Fsp3) is 0.600. The van der Waals surface area contributed by atoms with Crippen LogP contribution in [-0.4, -0.2) is 0 Å². The summed E-state index contributed by atoms with van der Waals surface area (Å²) in [7, 11) is 0.227. The zero-order chi connectivity index (χ0) is 25.8. The highest BCUT2D eigenvalue weighted by Gasteiger charge is 2.54. The topological polar surface area (TPSA) is 0 Å². The van der Waals surface area contributed by atoms with E-state index in [1.165, 1.54) is 93.7 Å². The van der Waals surface area contributed by atoms with E-state index in [1.54, 1.807) is 5.56 Å². The Morgan fingerprint density at radius 2 is 1.43 bits per heavy atom. The monoisotopic (exact) mass is 532 g/mol. The molecular formula is C35H50P2. The Hall–Kier alpha value is -1.22. The van der Waals surface area contributed by atoms with Gasteiger partial charge in [-0.05, 0) is 71.0 Å². The summed E-state index contributed by atoms with van der Waals surface area (Å²) >= 11 is 0. The summed E-state index contributed by atoms with van der Waals surface area (Å²) in [6, 6.07) is 16.1. The Bertz CT molecular complexity index is 1190. The highest BCUT2D eigenvalue weighted by Crippen LogP contribution is 2.75. The van der Waals surface area contributed by atoms with Crippen LogP contribution in [0.5, 0.6) is 0 Å². The highest BCUT2D eigenvalue weighted by molar-refractivity contribution is 8.11. The second kappa shape index (κ2) is 12.3. The zero-order valence-corrected chi connectivity index (χ0v) is 25.8. The van der Waals surface area contributed by atoms with Gasteiger partial charge in [-0.3, -0.25) is 0 Å². The van der Waals surface area contributed by atoms with Crippen molar-refractivity contribution in [1.82, 2.24) is 0 Å². The van der Waals surface area contributed by atoms with E-state index in [1.807, 2.05) is 10.6 Å². The van der Waals surface area contributed by atoms with Crippen LogP contribution in [0.2, 0.25) is 0 Å². The van der Waals surface area contributed by atoms with Gasteiger partial charge in [-0.25, -0.2) is 0 Å². The molecule has 37 heavy (non-hydrogen) atoms. The van der Waals surface area contributed by atoms with Crippen LogP contribution < -0.4 is 0 Å². The number of unbranched alkanes of at least 4 members (excludes halogenated alkanes) is 8. The van der Waals surface area contributed by atoms with E-state index in [-0.39, 0.29) is 14.4 Å². The predicted molar refractivity (Wildman–Crippen MR) is 170 cm³/mol. The Morgan fingerprint density at radius 1 is 0.784 bits per heavy atom. The maximum atomic E-state index is 2.70. The zero-order valence-electron chi connectivity index (χ0n) is 24.0. The number of rotatable bonds is 13. The van der Waals surface area contributed by atoms with Crippen molar-refractivity contribution in [2.45, 2.75) is 122 Å². The van der Waals surface area contributed by atoms with Gasteiger partial charge >= 0.3 is 0 Å². The third-order valence-corrected chi connectivity index (χ3v) is 18.7. The van der Waals surface area contributed by atoms with E-state index in [0.717, 1.165) is 5.92 Å². The van der Waals surface area contributed by atoms with Crippen molar-refractivity contribution in [2.75, 3.05) is 0 Å². The summed E-state index contributed by atoms with van der Waals surface area (Å²) in [6.07, 6.45) is 24.0. The van der Waals surface area contributed by atoms with Gasteiger partial charge in [0.25, 0.3) is 0 Å². The SMILES string of the molecule is CCCCCCCCCp1c2c(p1CCCCC)C1(C)C(C=C2)CC(c2cccc3ccccc23)C1C. The van der Waals surface area contributed by atoms with Gasteiger partial charge in [0.1, 0.15) is 0 Å². The number of fused-ring (bicyclic) bond motifs is 4. The predicted octanol–water partition coefficient (Wildman–Crippen LogP) is 12.5. The van der Waals surface area contributed by atoms with Gasteiger partial charge in [-0.2, -0.15) is 0 Å². The van der Waals surface area contributed by atoms with Crippen molar-refractivity contribution in [3.8, 4) is 0 Å². The molecule has 1 heterocycles. The maximum absolute atomic E-state index is 2.70. The quantitative estimate of drug-likeness (QED) is 0.192. The molecule has 1 fully saturated rings. The summed E-state index contributed by atoms with van der Waals surface area (Å²) in [5.74, 6) is 2.10. The van der Waals surface area contributed by atoms with Gasteiger partial charge in [0.2, 0.25) is 0 Å². The standard InChI is InChI=1S/C35H50P2/c1-5-7-9-10-11-12-16-24-36-33-23-22-29-26-32(31-21-17-19-28-18-13-14-20-30(28)31)27(3)35(29,4)34(33)37(36)25-15-8-6-2/h13-14,17-23,27,29,32H,5-12,15-16,24-26H2,1-4H3. The Morgan fingerprint density at radius 3 is 2.24 bits per heavy atom. The molecule has 0 spiro atoms. The van der Waals surface area contributed by atoms with Crippen molar-refractivity contribution in [1.29, 1.82) is 0 Å². The Kier molecular flexibility index (Phi) is 9.10. The van der Waals surface area contributed by atoms with Crippen LogP contribution in [-0.2, 0) is 17.7 Å². The van der Waals surface area contributed by atoms with Crippen LogP contribution >= 0.6 is 14.4 Å². The molecular weight excluding hydrogens is 482 g/mol. The molecule has 1 aromatic heterocycles. The number of allylic oxidation sites excluding steroid dienone is 1. The lowest BCUT2D eigenvalue weighted by molar-refractivity contribution is 0.314. The van der Waals surface area contributed by atoms with Crippen molar-refractivity contribution < 1.29 is 0 Å². The molecule has 2 aromatic carbocycles. The summed E-state index contributed by atoms with van der Waals surface area (Å²) in [5.41, 5.74) is 1.99. The molecule has 0 nitrogen and oxygen atoms in total. The minimum Gasteiger partial charge on any atom is -0.0991 e. The molecule has 5 rings (SSSR count). The molecule has 0 bridgehead atoms. The fourth-order valence-electron chi connectivity index (χ4n) is 7.71. The first-order chi connectivity index (χ1) is 18.1. The third kappa shape index (κ3) is 5.20. The normalized spacial score (nSPS) is 25.6. The van der Waals surface area contributed by atoms with Gasteiger partial charge in [-0.15, -0.1) is 0 Å². The first-order valence-corrected chi connectivity index (χ1v) is 19.3. The van der Waals surface area contributed by atoms with Crippen LogP contribution in [0.25, 0.3) is 16.8 Å². The van der Waals surface area contributed by atoms with Gasteiger partial charge < -0.3 is 0 Å². The Labute approximate surface area is 229 Å². The van der Waals surface area contributed by atoms with Gasteiger partial charge in [-0.1, -0.05) is 148 Å². The molecule has 2 aliphatic carbocycles. The smallest absolute Gasteiger partial charge is 0.00688 e. The third-order valence-electron chi connectivity index (χ3n) is 10.1. The van der Waals surface area contributed by atoms with E-state index in [0.29, 0.717) is 17.3 Å². The van der Waals surface area contributed by atoms with Crippen molar-refractivity contribution in [2.24, 2.45) is 11.8 Å². The minimum absolute atomic E-state index is 0.103. The minimum atomic E-state index is 0.103. The molecule has 200 valence electrons. The second-order valence-electron chi connectivity index (χ2n) is 12.3. The first-order valence-electron chi connectivity index (χ1n) is 15.6. The molecule has 6 atom stereocenters. The number of hydrogen-bond donors (Lipinski definition) is 0. The molecule has 0 saturated heterocycles. The fourth-order valence-corrected chi connectivity index (χ4v) is 17.5. The van der Waals surface area contributed by atoms with E-state index < -0.39 is 0 Å². The molecule has 1 saturated carbocycles. The summed E-state index contributed by atoms with van der Waals surface area (Å²) in [6.45, 7) is 10.0. The largest absolute Gasteiger partial charge is 0.0991 e. The second-order valence-corrected chi connectivity index (χ2v) is 18.6. The Balaban J connectivity index is 1.39. The lowest BCUT2D eigenvalue weighted by Crippen LogP contribution is -2.35. The molecule has 6 unspecified atom stereocenters. The molecule has 0 radical (unpaired) electrons. The summed E-state index contributed by atoms with van der Waals surface area (Å²) in [5, 5.41) is 6.76. The highest BCUT2D eigenvalue weighted by atomic mass is 31.9. The van der Waals surface area contributed by atoms with Crippen molar-refractivity contribution >= 4 is 31.3 Å². The summed E-state index contributed by atoms with van der Waals surface area (Å²) in [4.78, 5) is 0. The lowest BCUT2D eigenvalue weighted by atomic mass is 9.69. The first kappa shape index (κ1) is 27.4. The molecule has 0 amide bonds. The van der Waals surface area contributed by atoms with E-state index in [2.05, 4.69) is 82.3 Å². The average Bonchev–Trinajstić information content (AvgIpc) is 3.17. The average molecular weight is 533 g/mol. The number of hydrogen-bond acceptors (Lipinski definition) is 0. The lowest BCUT2D eigenvalue weighted by Gasteiger charge is -2.45. The summed E-state index contributed by atoms with van der Waals surface area (Å²) < 4.78 is 0. The molecule has 0 aliphatic heterocycles. The van der Waals surface area contributed by atoms with Gasteiger partial charge in [0, 0.05) is 10.7 Å². The van der Waals surface area contributed by atoms with Gasteiger partial charge in [0.05, 0.1) is 0 Å². The van der Waals surface area contributed by atoms with Crippen LogP contribution in [0, 0.1) is 11.8 Å². The molecule has 3 aromatic rings. The molecule has 2 aliphatic rings. The van der Waals surface area contributed by atoms with Crippen LogP contribution in [0.4, 0.5) is 0 Å². The van der Waals surface area contributed by atoms with Crippen LogP contribution in [0.3, 0.4) is 0 Å². The molecule has 2 heteroatoms. The van der Waals surface area contributed by atoms with Crippen molar-refractivity contribution in [3.05, 3.63) is 64.7 Å². The maximum Gasteiger partial charge on any atom is 0.00688 e. The van der Waals surface area contributed by atoms with E-state index >= 15 is 0 Å². The van der Waals surface area contributed by atoms with Crippen molar-refractivity contribution in [3.63, 3.8) is 0 Å². The van der Waals surface area contributed by atoms with E-state index in [4.69, 9.17) is 0 Å². The van der Waals surface area contributed by atoms with Crippen LogP contribution in [0.1, 0.15) is 120 Å². The molecule has 0 N–H and O–H groups in total. The van der Waals surface area contributed by atoms with E-state index in [9.17, 15) is 0 Å². The van der Waals surface area contributed by atoms with Gasteiger partial charge in [0.15, 0.2) is 0 Å².